The van der Waals surface area contributed by atoms with Gasteiger partial charge >= 0.3 is 0 Å². The molecule has 1 saturated heterocycles. The Morgan fingerprint density at radius 1 is 1.11 bits per heavy atom. The van der Waals surface area contributed by atoms with Gasteiger partial charge in [-0.05, 0) is 61.5 Å². The Balaban J connectivity index is 1.60. The minimum Gasteiger partial charge on any atom is -0.494 e. The second kappa shape index (κ2) is 10.1. The third-order valence-electron chi connectivity index (χ3n) is 6.94. The summed E-state index contributed by atoms with van der Waals surface area (Å²) < 4.78 is 34.2. The molecule has 0 bridgehead atoms. The Morgan fingerprint density at radius 3 is 2.61 bits per heavy atom. The molecule has 5 rings (SSSR count). The first-order valence-electron chi connectivity index (χ1n) is 12.2. The van der Waals surface area contributed by atoms with E-state index in [9.17, 15) is 8.42 Å². The number of thiocarbonyl (C=S) groups is 1. The van der Waals surface area contributed by atoms with Crippen molar-refractivity contribution >= 4 is 38.7 Å². The van der Waals surface area contributed by atoms with Gasteiger partial charge in [0.1, 0.15) is 11.8 Å². The van der Waals surface area contributed by atoms with Gasteiger partial charge in [-0.15, -0.1) is 0 Å². The molecule has 0 radical (unpaired) electrons. The van der Waals surface area contributed by atoms with Crippen molar-refractivity contribution in [2.75, 3.05) is 23.0 Å². The topological polar surface area (TPSA) is 88.5 Å². The van der Waals surface area contributed by atoms with E-state index in [0.717, 1.165) is 17.6 Å². The van der Waals surface area contributed by atoms with Gasteiger partial charge in [0.05, 0.1) is 30.8 Å². The summed E-state index contributed by atoms with van der Waals surface area (Å²) in [5.41, 5.74) is 3.27. The van der Waals surface area contributed by atoms with Gasteiger partial charge in [-0.3, -0.25) is 9.71 Å². The molecular formula is C26H31N5O3S2. The first-order valence-corrected chi connectivity index (χ1v) is 14.5. The zero-order valence-corrected chi connectivity index (χ0v) is 22.1. The van der Waals surface area contributed by atoms with Crippen molar-refractivity contribution in [2.45, 2.75) is 50.2 Å². The molecule has 3 aromatic rings. The van der Waals surface area contributed by atoms with Gasteiger partial charge in [-0.1, -0.05) is 25.3 Å². The normalized spacial score (nSPS) is 20.8. The molecule has 10 heteroatoms. The molecule has 1 saturated carbocycles. The summed E-state index contributed by atoms with van der Waals surface area (Å²) in [5.74, 6) is 0.420. The zero-order chi connectivity index (χ0) is 25.3. The Bertz CT molecular complexity index is 1340. The van der Waals surface area contributed by atoms with Crippen LogP contribution in [0, 0.1) is 0 Å². The number of nitrogens with one attached hydrogen (secondary N) is 2. The van der Waals surface area contributed by atoms with E-state index >= 15 is 0 Å². The molecular weight excluding hydrogens is 494 g/mol. The minimum atomic E-state index is -3.45. The molecule has 2 N–H and O–H groups in total. The summed E-state index contributed by atoms with van der Waals surface area (Å²) in [5, 5.41) is 4.09. The molecule has 1 aromatic carbocycles. The van der Waals surface area contributed by atoms with Crippen LogP contribution in [0.15, 0.2) is 60.9 Å². The first-order chi connectivity index (χ1) is 17.4. The molecule has 2 aromatic heterocycles. The lowest BCUT2D eigenvalue weighted by molar-refractivity contribution is 0.340. The van der Waals surface area contributed by atoms with Crippen molar-refractivity contribution in [3.05, 3.63) is 72.3 Å². The van der Waals surface area contributed by atoms with Crippen LogP contribution in [0.25, 0.3) is 0 Å². The fourth-order valence-corrected chi connectivity index (χ4v) is 6.31. The Kier molecular flexibility index (Phi) is 6.90. The summed E-state index contributed by atoms with van der Waals surface area (Å²) in [6.07, 6.45) is 11.2. The van der Waals surface area contributed by atoms with Crippen LogP contribution in [0.2, 0.25) is 0 Å². The molecule has 1 aliphatic heterocycles. The van der Waals surface area contributed by atoms with Gasteiger partial charge in [0.2, 0.25) is 10.0 Å². The highest BCUT2D eigenvalue weighted by Crippen LogP contribution is 2.44. The fraction of sp³-hybridized carbons (Fsp3) is 0.385. The maximum atomic E-state index is 11.8. The Labute approximate surface area is 217 Å². The van der Waals surface area contributed by atoms with Crippen molar-refractivity contribution in [3.8, 4) is 5.75 Å². The zero-order valence-electron chi connectivity index (χ0n) is 20.4. The molecule has 2 aliphatic rings. The van der Waals surface area contributed by atoms with E-state index in [1.54, 1.807) is 12.3 Å². The van der Waals surface area contributed by atoms with Gasteiger partial charge in [0, 0.05) is 35.9 Å². The number of sulfonamides is 1. The van der Waals surface area contributed by atoms with E-state index in [1.807, 2.05) is 30.3 Å². The van der Waals surface area contributed by atoms with Gasteiger partial charge in [0.15, 0.2) is 5.11 Å². The minimum absolute atomic E-state index is 0.150. The lowest BCUT2D eigenvalue weighted by Crippen LogP contribution is -2.31. The van der Waals surface area contributed by atoms with Crippen LogP contribution in [0.5, 0.6) is 5.75 Å². The van der Waals surface area contributed by atoms with E-state index in [-0.39, 0.29) is 12.1 Å². The van der Waals surface area contributed by atoms with Crippen LogP contribution in [-0.2, 0) is 10.0 Å². The molecule has 1 aliphatic carbocycles. The highest BCUT2D eigenvalue weighted by Gasteiger charge is 2.42. The second-order valence-electron chi connectivity index (χ2n) is 9.39. The number of pyridine rings is 1. The van der Waals surface area contributed by atoms with Crippen LogP contribution >= 0.6 is 12.2 Å². The number of ether oxygens (including phenoxy) is 1. The van der Waals surface area contributed by atoms with Crippen LogP contribution in [-0.4, -0.2) is 36.4 Å². The molecule has 36 heavy (non-hydrogen) atoms. The number of hydrogen-bond donors (Lipinski definition) is 2. The van der Waals surface area contributed by atoms with Crippen LogP contribution in [0.1, 0.15) is 61.6 Å². The van der Waals surface area contributed by atoms with Gasteiger partial charge in [-0.2, -0.15) is 0 Å². The lowest BCUT2D eigenvalue weighted by atomic mass is 9.94. The van der Waals surface area contributed by atoms with E-state index in [4.69, 9.17) is 17.0 Å². The maximum Gasteiger partial charge on any atom is 0.229 e. The number of nitrogens with zero attached hydrogens (tertiary/aromatic N) is 3. The fourth-order valence-electron chi connectivity index (χ4n) is 5.40. The van der Waals surface area contributed by atoms with Crippen LogP contribution in [0.3, 0.4) is 0 Å². The number of methoxy groups -OCH3 is 1. The van der Waals surface area contributed by atoms with Crippen molar-refractivity contribution in [1.29, 1.82) is 0 Å². The molecule has 2 fully saturated rings. The highest BCUT2D eigenvalue weighted by molar-refractivity contribution is 7.92. The molecule has 0 spiro atoms. The standard InChI is InChI=1S/C26H31N5O3S2/c1-34-23-17-19(13-14-20(23)29-36(2,32)33)31-25(24(28-26(31)35)21-11-6-7-15-27-21)22-12-8-16-30(22)18-9-4-3-5-10-18/h6-8,11-18,24-25,29H,3-5,9-10H2,1-2H3,(H,28,35)/t24-,25+/m1/s1. The number of hydrogen-bond acceptors (Lipinski definition) is 5. The average Bonchev–Trinajstić information content (AvgIpc) is 3.49. The van der Waals surface area contributed by atoms with Gasteiger partial charge < -0.3 is 19.5 Å². The van der Waals surface area contributed by atoms with Crippen molar-refractivity contribution in [1.82, 2.24) is 14.9 Å². The van der Waals surface area contributed by atoms with Gasteiger partial charge in [0.25, 0.3) is 0 Å². The third kappa shape index (κ3) is 4.92. The highest BCUT2D eigenvalue weighted by atomic mass is 32.2. The van der Waals surface area contributed by atoms with Gasteiger partial charge in [-0.25, -0.2) is 8.42 Å². The summed E-state index contributed by atoms with van der Waals surface area (Å²) in [6.45, 7) is 0. The van der Waals surface area contributed by atoms with Crippen molar-refractivity contribution in [3.63, 3.8) is 0 Å². The SMILES string of the molecule is COc1cc(N2C(=S)N[C@H](c3ccccn3)[C@@H]2c2cccn2C2CCCCC2)ccc1NS(C)(=O)=O. The maximum absolute atomic E-state index is 11.8. The second-order valence-corrected chi connectivity index (χ2v) is 11.5. The smallest absolute Gasteiger partial charge is 0.229 e. The lowest BCUT2D eigenvalue weighted by Gasteiger charge is -2.32. The number of anilines is 2. The van der Waals surface area contributed by atoms with E-state index < -0.39 is 10.0 Å². The van der Waals surface area contributed by atoms with Crippen molar-refractivity contribution in [2.24, 2.45) is 0 Å². The number of benzene rings is 1. The molecule has 0 unspecified atom stereocenters. The molecule has 2 atom stereocenters. The van der Waals surface area contributed by atoms with Crippen LogP contribution < -0.4 is 19.7 Å². The predicted molar refractivity (Wildman–Crippen MR) is 146 cm³/mol. The summed E-state index contributed by atoms with van der Waals surface area (Å²) in [7, 11) is -1.93. The summed E-state index contributed by atoms with van der Waals surface area (Å²) >= 11 is 5.88. The first kappa shape index (κ1) is 24.6. The van der Waals surface area contributed by atoms with Crippen molar-refractivity contribution < 1.29 is 13.2 Å². The summed E-state index contributed by atoms with van der Waals surface area (Å²) in [6, 6.07) is 15.8. The molecule has 8 nitrogen and oxygen atoms in total. The monoisotopic (exact) mass is 525 g/mol. The predicted octanol–water partition coefficient (Wildman–Crippen LogP) is 4.95. The van der Waals surface area contributed by atoms with Crippen LogP contribution in [0.4, 0.5) is 11.4 Å². The largest absolute Gasteiger partial charge is 0.494 e. The Morgan fingerprint density at radius 2 is 1.92 bits per heavy atom. The number of rotatable bonds is 7. The molecule has 0 amide bonds. The van der Waals surface area contributed by atoms with E-state index in [2.05, 4.69) is 42.8 Å². The quantitative estimate of drug-likeness (QED) is 0.422. The summed E-state index contributed by atoms with van der Waals surface area (Å²) in [4.78, 5) is 6.75. The molecule has 190 valence electrons. The molecule has 3 heterocycles. The average molecular weight is 526 g/mol. The third-order valence-corrected chi connectivity index (χ3v) is 7.84. The van der Waals surface area contributed by atoms with E-state index in [0.29, 0.717) is 22.6 Å². The Hall–Kier alpha value is -3.11. The van der Waals surface area contributed by atoms with E-state index in [1.165, 1.54) is 44.9 Å². The number of aromatic nitrogens is 2.